The van der Waals surface area contributed by atoms with Crippen LogP contribution in [-0.2, 0) is 9.59 Å². The number of rotatable bonds is 0. The Hall–Kier alpha value is -1.96. The third-order valence-electron chi connectivity index (χ3n) is 3.46. The van der Waals surface area contributed by atoms with Crippen molar-refractivity contribution in [2.75, 3.05) is 0 Å². The van der Waals surface area contributed by atoms with Gasteiger partial charge in [0.25, 0.3) is 0 Å². The first-order valence-corrected chi connectivity index (χ1v) is 6.50. The summed E-state index contributed by atoms with van der Waals surface area (Å²) in [6.45, 7) is 7.63. The molecule has 2 nitrogen and oxygen atoms in total. The van der Waals surface area contributed by atoms with Crippen LogP contribution in [0.2, 0.25) is 0 Å². The van der Waals surface area contributed by atoms with Gasteiger partial charge in [-0.25, -0.2) is 0 Å². The molecule has 2 heteroatoms. The third kappa shape index (κ3) is 2.19. The first kappa shape index (κ1) is 13.5. The van der Waals surface area contributed by atoms with E-state index in [9.17, 15) is 9.59 Å². The second-order valence-electron chi connectivity index (χ2n) is 5.05. The Kier molecular flexibility index (Phi) is 3.52. The van der Waals surface area contributed by atoms with Crippen LogP contribution in [0.1, 0.15) is 34.1 Å². The van der Waals surface area contributed by atoms with Crippen molar-refractivity contribution in [3.8, 4) is 0 Å². The van der Waals surface area contributed by atoms with Crippen LogP contribution >= 0.6 is 0 Å². The fourth-order valence-electron chi connectivity index (χ4n) is 2.71. The maximum Gasteiger partial charge on any atom is 0.197 e. The lowest BCUT2D eigenvalue weighted by atomic mass is 9.92. The van der Waals surface area contributed by atoms with E-state index in [4.69, 9.17) is 0 Å². The lowest BCUT2D eigenvalue weighted by molar-refractivity contribution is -0.115. The van der Waals surface area contributed by atoms with Crippen molar-refractivity contribution < 1.29 is 9.59 Å². The monoisotopic (exact) mass is 254 g/mol. The second-order valence-corrected chi connectivity index (χ2v) is 5.05. The van der Waals surface area contributed by atoms with Crippen molar-refractivity contribution in [3.05, 3.63) is 57.7 Å². The summed E-state index contributed by atoms with van der Waals surface area (Å²) in [6.07, 6.45) is 8.25. The molecule has 0 aliphatic heterocycles. The Morgan fingerprint density at radius 3 is 1.68 bits per heavy atom. The Balaban J connectivity index is 2.67. The molecule has 0 bridgehead atoms. The van der Waals surface area contributed by atoms with Gasteiger partial charge in [-0.2, -0.15) is 0 Å². The quantitative estimate of drug-likeness (QED) is 0.488. The maximum absolute atomic E-state index is 12.4. The Bertz CT molecular complexity index is 568. The highest BCUT2D eigenvalue weighted by Crippen LogP contribution is 2.33. The summed E-state index contributed by atoms with van der Waals surface area (Å²) in [5.74, 6) is -0.295. The molecule has 0 saturated heterocycles. The zero-order chi connectivity index (χ0) is 14.2. The Morgan fingerprint density at radius 1 is 0.895 bits per heavy atom. The molecule has 1 fully saturated rings. The minimum absolute atomic E-state index is 0.148. The predicted molar refractivity (Wildman–Crippen MR) is 76.7 cm³/mol. The number of hydrogen-bond donors (Lipinski definition) is 0. The Labute approximate surface area is 113 Å². The molecule has 2 aliphatic rings. The highest BCUT2D eigenvalue weighted by atomic mass is 16.2. The first-order chi connectivity index (χ1) is 8.99. The average molecular weight is 254 g/mol. The van der Waals surface area contributed by atoms with Gasteiger partial charge in [-0.15, -0.1) is 0 Å². The summed E-state index contributed by atoms with van der Waals surface area (Å²) < 4.78 is 0. The summed E-state index contributed by atoms with van der Waals surface area (Å²) in [6, 6.07) is 0. The van der Waals surface area contributed by atoms with Gasteiger partial charge in [0.1, 0.15) is 0 Å². The van der Waals surface area contributed by atoms with E-state index in [0.29, 0.717) is 16.7 Å². The smallest absolute Gasteiger partial charge is 0.197 e. The van der Waals surface area contributed by atoms with Crippen molar-refractivity contribution >= 4 is 11.6 Å². The van der Waals surface area contributed by atoms with E-state index in [-0.39, 0.29) is 11.6 Å². The van der Waals surface area contributed by atoms with E-state index in [2.05, 4.69) is 0 Å². The topological polar surface area (TPSA) is 34.1 Å². The molecule has 0 aromatic heterocycles. The highest BCUT2D eigenvalue weighted by molar-refractivity contribution is 6.42. The van der Waals surface area contributed by atoms with Crippen molar-refractivity contribution in [1.29, 1.82) is 0 Å². The first-order valence-electron chi connectivity index (χ1n) is 6.50. The molecule has 1 saturated carbocycles. The normalized spacial score (nSPS) is 24.4. The largest absolute Gasteiger partial charge is 0.288 e. The number of allylic oxidation sites excluding steroid dienone is 10. The summed E-state index contributed by atoms with van der Waals surface area (Å²) >= 11 is 0. The summed E-state index contributed by atoms with van der Waals surface area (Å²) in [4.78, 5) is 24.8. The van der Waals surface area contributed by atoms with Crippen molar-refractivity contribution in [2.24, 2.45) is 0 Å². The van der Waals surface area contributed by atoms with Gasteiger partial charge in [-0.1, -0.05) is 35.5 Å². The van der Waals surface area contributed by atoms with Crippen LogP contribution in [0.25, 0.3) is 0 Å². The number of ketones is 2. The second kappa shape index (κ2) is 4.96. The minimum atomic E-state index is -0.148. The molecular formula is C17H18O2. The molecule has 0 spiro atoms. The molecule has 98 valence electrons. The van der Waals surface area contributed by atoms with Gasteiger partial charge in [0.15, 0.2) is 11.6 Å². The van der Waals surface area contributed by atoms with Gasteiger partial charge < -0.3 is 0 Å². The maximum atomic E-state index is 12.4. The molecule has 0 unspecified atom stereocenters. The SMILES string of the molecule is C/C=C1/C(=O)C(=C2C=C(C)CC(C)=C2)C(=O)/C1=C/C. The molecule has 0 amide bonds. The van der Waals surface area contributed by atoms with Crippen LogP contribution in [0.4, 0.5) is 0 Å². The van der Waals surface area contributed by atoms with Crippen molar-refractivity contribution in [1.82, 2.24) is 0 Å². The lowest BCUT2D eigenvalue weighted by Crippen LogP contribution is -2.06. The average Bonchev–Trinajstić information content (AvgIpc) is 2.58. The predicted octanol–water partition coefficient (Wildman–Crippen LogP) is 3.62. The molecular weight excluding hydrogens is 236 g/mol. The van der Waals surface area contributed by atoms with E-state index in [0.717, 1.165) is 12.0 Å². The van der Waals surface area contributed by atoms with E-state index in [1.54, 1.807) is 26.0 Å². The van der Waals surface area contributed by atoms with E-state index in [1.807, 2.05) is 26.0 Å². The Morgan fingerprint density at radius 2 is 1.32 bits per heavy atom. The summed E-state index contributed by atoms with van der Waals surface area (Å²) in [5.41, 5.74) is 4.49. The van der Waals surface area contributed by atoms with Gasteiger partial charge in [-0.3, -0.25) is 9.59 Å². The minimum Gasteiger partial charge on any atom is -0.288 e. The van der Waals surface area contributed by atoms with Gasteiger partial charge in [0.2, 0.25) is 0 Å². The number of Topliss-reactive ketones (excluding diaryl/α,β-unsaturated/α-hetero) is 2. The van der Waals surface area contributed by atoms with Crippen LogP contribution in [0, 0.1) is 0 Å². The van der Waals surface area contributed by atoms with Gasteiger partial charge >= 0.3 is 0 Å². The van der Waals surface area contributed by atoms with E-state index >= 15 is 0 Å². The summed E-state index contributed by atoms with van der Waals surface area (Å²) in [5, 5.41) is 0. The molecule has 2 rings (SSSR count). The van der Waals surface area contributed by atoms with Crippen LogP contribution in [0.3, 0.4) is 0 Å². The van der Waals surface area contributed by atoms with Crippen LogP contribution in [-0.4, -0.2) is 11.6 Å². The van der Waals surface area contributed by atoms with Crippen LogP contribution in [0.15, 0.2) is 57.7 Å². The molecule has 2 aliphatic carbocycles. The van der Waals surface area contributed by atoms with Crippen LogP contribution in [0.5, 0.6) is 0 Å². The zero-order valence-electron chi connectivity index (χ0n) is 11.8. The fourth-order valence-corrected chi connectivity index (χ4v) is 2.71. The van der Waals surface area contributed by atoms with Gasteiger partial charge in [0.05, 0.1) is 5.57 Å². The van der Waals surface area contributed by atoms with E-state index in [1.165, 1.54) is 11.1 Å². The number of carbonyl (C=O) groups is 2. The number of carbonyl (C=O) groups excluding carboxylic acids is 2. The van der Waals surface area contributed by atoms with Gasteiger partial charge in [-0.05, 0) is 39.7 Å². The third-order valence-corrected chi connectivity index (χ3v) is 3.46. The molecule has 0 aromatic carbocycles. The lowest BCUT2D eigenvalue weighted by Gasteiger charge is -2.11. The fraction of sp³-hybridized carbons (Fsp3) is 0.294. The number of hydrogen-bond acceptors (Lipinski definition) is 2. The van der Waals surface area contributed by atoms with Crippen molar-refractivity contribution in [3.63, 3.8) is 0 Å². The highest BCUT2D eigenvalue weighted by Gasteiger charge is 2.37. The molecule has 19 heavy (non-hydrogen) atoms. The molecule has 0 N–H and O–H groups in total. The standard InChI is InChI=1S/C17H18O2/c1-5-13-14(6-2)17(19)15(16(13)18)12-8-10(3)7-11(4)9-12/h5-6,8-9H,7H2,1-4H3/b13-5+,14-6+. The molecule has 0 radical (unpaired) electrons. The molecule has 0 heterocycles. The zero-order valence-corrected chi connectivity index (χ0v) is 11.8. The van der Waals surface area contributed by atoms with Gasteiger partial charge in [0, 0.05) is 11.1 Å². The molecule has 0 atom stereocenters. The summed E-state index contributed by atoms with van der Waals surface area (Å²) in [7, 11) is 0. The molecule has 0 aromatic rings. The van der Waals surface area contributed by atoms with Crippen LogP contribution < -0.4 is 0 Å². The van der Waals surface area contributed by atoms with E-state index < -0.39 is 0 Å². The van der Waals surface area contributed by atoms with Crippen molar-refractivity contribution in [2.45, 2.75) is 34.1 Å².